The third kappa shape index (κ3) is 5.32. The highest BCUT2D eigenvalue weighted by atomic mass is 16.5. The molecule has 0 aliphatic carbocycles. The fourth-order valence-corrected chi connectivity index (χ4v) is 2.34. The maximum Gasteiger partial charge on any atom is 0.187 e. The van der Waals surface area contributed by atoms with Gasteiger partial charge in [-0.05, 0) is 43.4 Å². The zero-order chi connectivity index (χ0) is 17.2. The van der Waals surface area contributed by atoms with Gasteiger partial charge in [-0.25, -0.2) is 0 Å². The maximum atomic E-state index is 12.1. The molecule has 0 fully saturated rings. The Hall–Kier alpha value is -2.46. The predicted molar refractivity (Wildman–Crippen MR) is 97.3 cm³/mol. The van der Waals surface area contributed by atoms with Crippen LogP contribution in [0, 0.1) is 0 Å². The van der Waals surface area contributed by atoms with Gasteiger partial charge < -0.3 is 9.64 Å². The van der Waals surface area contributed by atoms with Gasteiger partial charge in [0.1, 0.15) is 12.4 Å². The third-order valence-electron chi connectivity index (χ3n) is 3.84. The molecule has 1 aromatic carbocycles. The van der Waals surface area contributed by atoms with Crippen LogP contribution in [0.2, 0.25) is 0 Å². The summed E-state index contributed by atoms with van der Waals surface area (Å²) in [7, 11) is 0. The molecule has 2 rings (SSSR count). The van der Waals surface area contributed by atoms with E-state index in [4.69, 9.17) is 4.74 Å². The molecular weight excluding hydrogens is 300 g/mol. The van der Waals surface area contributed by atoms with Crippen molar-refractivity contribution in [3.63, 3.8) is 0 Å². The van der Waals surface area contributed by atoms with E-state index in [-0.39, 0.29) is 5.78 Å². The first-order valence-electron chi connectivity index (χ1n) is 8.31. The molecule has 0 bridgehead atoms. The fourth-order valence-electron chi connectivity index (χ4n) is 2.34. The first-order chi connectivity index (χ1) is 11.7. The summed E-state index contributed by atoms with van der Waals surface area (Å²) in [4.78, 5) is 18.4. The maximum absolute atomic E-state index is 12.1. The first-order valence-corrected chi connectivity index (χ1v) is 8.31. The number of hydrogen-bond donors (Lipinski definition) is 0. The SMILES string of the molecule is CCN(CC)CCOc1ccccc1C=CC(=O)c1cccnc1. The topological polar surface area (TPSA) is 42.4 Å². The Balaban J connectivity index is 2.00. The van der Waals surface area contributed by atoms with Gasteiger partial charge in [-0.15, -0.1) is 0 Å². The summed E-state index contributed by atoms with van der Waals surface area (Å²) in [5.41, 5.74) is 1.47. The molecule has 4 nitrogen and oxygen atoms in total. The minimum atomic E-state index is -0.0685. The van der Waals surface area contributed by atoms with Crippen molar-refractivity contribution in [3.05, 3.63) is 66.0 Å². The van der Waals surface area contributed by atoms with Gasteiger partial charge in [-0.3, -0.25) is 9.78 Å². The van der Waals surface area contributed by atoms with Crippen LogP contribution in [-0.4, -0.2) is 41.9 Å². The second kappa shape index (κ2) is 9.63. The van der Waals surface area contributed by atoms with Crippen molar-refractivity contribution in [2.45, 2.75) is 13.8 Å². The molecule has 0 saturated heterocycles. The third-order valence-corrected chi connectivity index (χ3v) is 3.84. The van der Waals surface area contributed by atoms with E-state index >= 15 is 0 Å². The molecular formula is C20H24N2O2. The quantitative estimate of drug-likeness (QED) is 0.521. The van der Waals surface area contributed by atoms with Gasteiger partial charge in [0.15, 0.2) is 5.78 Å². The molecule has 0 unspecified atom stereocenters. The van der Waals surface area contributed by atoms with E-state index in [1.165, 1.54) is 0 Å². The summed E-state index contributed by atoms with van der Waals surface area (Å²) < 4.78 is 5.89. The Morgan fingerprint density at radius 3 is 2.67 bits per heavy atom. The lowest BCUT2D eigenvalue weighted by Crippen LogP contribution is -2.27. The van der Waals surface area contributed by atoms with Crippen LogP contribution in [0.1, 0.15) is 29.8 Å². The van der Waals surface area contributed by atoms with E-state index < -0.39 is 0 Å². The van der Waals surface area contributed by atoms with Crippen LogP contribution < -0.4 is 4.74 Å². The molecule has 0 radical (unpaired) electrons. The number of pyridine rings is 1. The van der Waals surface area contributed by atoms with Crippen molar-refractivity contribution in [1.82, 2.24) is 9.88 Å². The molecule has 0 N–H and O–H groups in total. The number of carbonyl (C=O) groups is 1. The monoisotopic (exact) mass is 324 g/mol. The number of aromatic nitrogens is 1. The number of ether oxygens (including phenoxy) is 1. The molecule has 1 aromatic heterocycles. The molecule has 0 atom stereocenters. The summed E-state index contributed by atoms with van der Waals surface area (Å²) in [6.45, 7) is 7.83. The lowest BCUT2D eigenvalue weighted by molar-refractivity contribution is 0.104. The minimum Gasteiger partial charge on any atom is -0.492 e. The van der Waals surface area contributed by atoms with E-state index in [0.717, 1.165) is 30.9 Å². The Kier molecular flexibility index (Phi) is 7.18. The normalized spacial score (nSPS) is 11.1. The number of allylic oxidation sites excluding steroid dienone is 1. The lowest BCUT2D eigenvalue weighted by atomic mass is 10.1. The Bertz CT molecular complexity index is 664. The highest BCUT2D eigenvalue weighted by Crippen LogP contribution is 2.19. The van der Waals surface area contributed by atoms with Gasteiger partial charge in [-0.2, -0.15) is 0 Å². The van der Waals surface area contributed by atoms with Crippen molar-refractivity contribution < 1.29 is 9.53 Å². The number of ketones is 1. The van der Waals surface area contributed by atoms with Crippen LogP contribution >= 0.6 is 0 Å². The Morgan fingerprint density at radius 2 is 1.96 bits per heavy atom. The highest BCUT2D eigenvalue weighted by molar-refractivity contribution is 6.06. The predicted octanol–water partition coefficient (Wildman–Crippen LogP) is 3.70. The summed E-state index contributed by atoms with van der Waals surface area (Å²) in [5.74, 6) is 0.723. The van der Waals surface area contributed by atoms with Crippen LogP contribution in [0.25, 0.3) is 6.08 Å². The molecule has 126 valence electrons. The number of carbonyl (C=O) groups excluding carboxylic acids is 1. The summed E-state index contributed by atoms with van der Waals surface area (Å²) >= 11 is 0. The van der Waals surface area contributed by atoms with Crippen molar-refractivity contribution in [3.8, 4) is 5.75 Å². The number of rotatable bonds is 9. The van der Waals surface area contributed by atoms with Gasteiger partial charge in [0.25, 0.3) is 0 Å². The Labute approximate surface area is 143 Å². The molecule has 0 amide bonds. The van der Waals surface area contributed by atoms with Crippen LogP contribution in [0.3, 0.4) is 0 Å². The molecule has 1 heterocycles. The van der Waals surface area contributed by atoms with E-state index in [0.29, 0.717) is 12.2 Å². The Morgan fingerprint density at radius 1 is 1.17 bits per heavy atom. The van der Waals surface area contributed by atoms with Crippen molar-refractivity contribution in [1.29, 1.82) is 0 Å². The fraction of sp³-hybridized carbons (Fsp3) is 0.300. The molecule has 24 heavy (non-hydrogen) atoms. The van der Waals surface area contributed by atoms with Crippen molar-refractivity contribution in [2.24, 2.45) is 0 Å². The second-order valence-electron chi connectivity index (χ2n) is 5.35. The van der Waals surface area contributed by atoms with Crippen LogP contribution in [-0.2, 0) is 0 Å². The minimum absolute atomic E-state index is 0.0685. The standard InChI is InChI=1S/C20H24N2O2/c1-3-22(4-2)14-15-24-20-10-6-5-8-17(20)11-12-19(23)18-9-7-13-21-16-18/h5-13,16H,3-4,14-15H2,1-2H3. The smallest absolute Gasteiger partial charge is 0.187 e. The van der Waals surface area contributed by atoms with Gasteiger partial charge in [-0.1, -0.05) is 32.0 Å². The van der Waals surface area contributed by atoms with E-state index in [1.54, 1.807) is 36.7 Å². The number of likely N-dealkylation sites (N-methyl/N-ethyl adjacent to an activating group) is 1. The van der Waals surface area contributed by atoms with Gasteiger partial charge in [0, 0.05) is 30.1 Å². The zero-order valence-corrected chi connectivity index (χ0v) is 14.3. The molecule has 4 heteroatoms. The number of hydrogen-bond acceptors (Lipinski definition) is 4. The molecule has 0 spiro atoms. The van der Waals surface area contributed by atoms with Gasteiger partial charge >= 0.3 is 0 Å². The highest BCUT2D eigenvalue weighted by Gasteiger charge is 2.04. The lowest BCUT2D eigenvalue weighted by Gasteiger charge is -2.18. The van der Waals surface area contributed by atoms with Crippen LogP contribution in [0.4, 0.5) is 0 Å². The first kappa shape index (κ1) is 17.9. The molecule has 2 aromatic rings. The summed E-state index contributed by atoms with van der Waals surface area (Å²) in [6, 6.07) is 11.3. The van der Waals surface area contributed by atoms with Crippen molar-refractivity contribution >= 4 is 11.9 Å². The molecule has 0 aliphatic heterocycles. The van der Waals surface area contributed by atoms with E-state index in [2.05, 4.69) is 23.7 Å². The number of benzene rings is 1. The van der Waals surface area contributed by atoms with Crippen LogP contribution in [0.5, 0.6) is 5.75 Å². The average molecular weight is 324 g/mol. The summed E-state index contributed by atoms with van der Waals surface area (Å²) in [6.07, 6.45) is 6.57. The largest absolute Gasteiger partial charge is 0.492 e. The number of para-hydroxylation sites is 1. The summed E-state index contributed by atoms with van der Waals surface area (Å²) in [5, 5.41) is 0. The zero-order valence-electron chi connectivity index (χ0n) is 14.3. The average Bonchev–Trinajstić information content (AvgIpc) is 2.65. The van der Waals surface area contributed by atoms with Gasteiger partial charge in [0.05, 0.1) is 0 Å². The molecule has 0 saturated carbocycles. The second-order valence-corrected chi connectivity index (χ2v) is 5.35. The van der Waals surface area contributed by atoms with Gasteiger partial charge in [0.2, 0.25) is 0 Å². The van der Waals surface area contributed by atoms with Crippen molar-refractivity contribution in [2.75, 3.05) is 26.2 Å². The van der Waals surface area contributed by atoms with E-state index in [1.807, 2.05) is 24.3 Å². The molecule has 0 aliphatic rings. The van der Waals surface area contributed by atoms with Crippen LogP contribution in [0.15, 0.2) is 54.9 Å². The number of nitrogens with zero attached hydrogens (tertiary/aromatic N) is 2. The van der Waals surface area contributed by atoms with E-state index in [9.17, 15) is 4.79 Å².